The van der Waals surface area contributed by atoms with Gasteiger partial charge in [0, 0.05) is 28.3 Å². The van der Waals surface area contributed by atoms with Crippen molar-refractivity contribution in [2.24, 2.45) is 0 Å². The van der Waals surface area contributed by atoms with Crippen LogP contribution in [0.4, 0.5) is 5.69 Å². The second-order valence-corrected chi connectivity index (χ2v) is 8.69. The fraction of sp³-hybridized carbons (Fsp3) is 0.0909. The summed E-state index contributed by atoms with van der Waals surface area (Å²) in [6.45, 7) is 2.01. The number of rotatable bonds is 5. The van der Waals surface area contributed by atoms with Crippen molar-refractivity contribution in [2.75, 3.05) is 5.32 Å². The highest BCUT2D eigenvalue weighted by molar-refractivity contribution is 7.19. The van der Waals surface area contributed by atoms with E-state index in [9.17, 15) is 4.79 Å². The topological polar surface area (TPSA) is 85.3 Å². The third-order valence-corrected chi connectivity index (χ3v) is 6.26. The highest BCUT2D eigenvalue weighted by Crippen LogP contribution is 2.32. The number of carbonyl (C=O) groups is 1. The standard InChI is InChI=1S/C22H15Cl2N5O2S/c1-2-19-26-27-22-29(19)28-21(32-22)12-4-3-5-14(10-12)25-20(30)18-9-8-17(31-18)15-7-6-13(23)11-16(15)24/h3-11H,2H2,1H3,(H,25,30). The van der Waals surface area contributed by atoms with Crippen LogP contribution >= 0.6 is 34.5 Å². The molecule has 0 aliphatic heterocycles. The first kappa shape index (κ1) is 20.7. The van der Waals surface area contributed by atoms with Crippen LogP contribution in [0.25, 0.3) is 26.9 Å². The lowest BCUT2D eigenvalue weighted by molar-refractivity contribution is 0.0997. The van der Waals surface area contributed by atoms with Crippen LogP contribution in [0.3, 0.4) is 0 Å². The minimum absolute atomic E-state index is 0.169. The maximum Gasteiger partial charge on any atom is 0.291 e. The summed E-state index contributed by atoms with van der Waals surface area (Å²) < 4.78 is 7.47. The summed E-state index contributed by atoms with van der Waals surface area (Å²) in [6.07, 6.45) is 0.743. The third-order valence-electron chi connectivity index (χ3n) is 4.77. The molecule has 7 nitrogen and oxygen atoms in total. The molecule has 10 heteroatoms. The van der Waals surface area contributed by atoms with E-state index in [1.807, 2.05) is 25.1 Å². The summed E-state index contributed by atoms with van der Waals surface area (Å²) >= 11 is 13.6. The normalized spacial score (nSPS) is 11.2. The molecule has 32 heavy (non-hydrogen) atoms. The average Bonchev–Trinajstić information content (AvgIpc) is 3.50. The molecule has 1 N–H and O–H groups in total. The highest BCUT2D eigenvalue weighted by Gasteiger charge is 2.16. The summed E-state index contributed by atoms with van der Waals surface area (Å²) in [5.74, 6) is 1.09. The minimum Gasteiger partial charge on any atom is -0.451 e. The summed E-state index contributed by atoms with van der Waals surface area (Å²) in [7, 11) is 0. The molecular formula is C22H15Cl2N5O2S. The molecule has 0 fully saturated rings. The van der Waals surface area contributed by atoms with E-state index >= 15 is 0 Å². The van der Waals surface area contributed by atoms with E-state index in [2.05, 4.69) is 20.6 Å². The van der Waals surface area contributed by atoms with Gasteiger partial charge in [-0.25, -0.2) is 0 Å². The van der Waals surface area contributed by atoms with Gasteiger partial charge in [0.15, 0.2) is 11.6 Å². The van der Waals surface area contributed by atoms with Gasteiger partial charge in [-0.3, -0.25) is 4.79 Å². The van der Waals surface area contributed by atoms with E-state index in [0.29, 0.717) is 27.1 Å². The Morgan fingerprint density at radius 3 is 2.81 bits per heavy atom. The Bertz CT molecular complexity index is 1460. The molecule has 0 aliphatic carbocycles. The fourth-order valence-electron chi connectivity index (χ4n) is 3.21. The van der Waals surface area contributed by atoms with Crippen molar-refractivity contribution in [1.82, 2.24) is 19.8 Å². The van der Waals surface area contributed by atoms with Crippen LogP contribution in [0.1, 0.15) is 23.3 Å². The fourth-order valence-corrected chi connectivity index (χ4v) is 4.57. The SMILES string of the molecule is CCc1nnc2sc(-c3cccc(NC(=O)c4ccc(-c5ccc(Cl)cc5Cl)o4)c3)nn12. The molecule has 2 aromatic carbocycles. The number of aromatic nitrogens is 4. The first-order valence-corrected chi connectivity index (χ1v) is 11.3. The minimum atomic E-state index is -0.370. The molecule has 3 heterocycles. The van der Waals surface area contributed by atoms with Gasteiger partial charge in [-0.15, -0.1) is 10.2 Å². The van der Waals surface area contributed by atoms with Gasteiger partial charge in [0.1, 0.15) is 10.8 Å². The number of halogens is 2. The molecule has 5 rings (SSSR count). The molecule has 5 aromatic rings. The van der Waals surface area contributed by atoms with Gasteiger partial charge in [-0.1, -0.05) is 53.6 Å². The van der Waals surface area contributed by atoms with Gasteiger partial charge in [-0.05, 0) is 42.5 Å². The summed E-state index contributed by atoms with van der Waals surface area (Å²) in [5, 5.41) is 17.5. The smallest absolute Gasteiger partial charge is 0.291 e. The first-order valence-electron chi connectivity index (χ1n) is 9.70. The van der Waals surface area contributed by atoms with Crippen molar-refractivity contribution in [3.63, 3.8) is 0 Å². The molecular weight excluding hydrogens is 469 g/mol. The van der Waals surface area contributed by atoms with Gasteiger partial charge in [-0.2, -0.15) is 9.61 Å². The molecule has 160 valence electrons. The van der Waals surface area contributed by atoms with E-state index in [1.165, 1.54) is 11.3 Å². The lowest BCUT2D eigenvalue weighted by Gasteiger charge is -2.05. The zero-order chi connectivity index (χ0) is 22.2. The molecule has 3 aromatic heterocycles. The molecule has 0 saturated carbocycles. The van der Waals surface area contributed by atoms with Crippen molar-refractivity contribution >= 4 is 51.1 Å². The molecule has 0 aliphatic rings. The number of hydrogen-bond donors (Lipinski definition) is 1. The predicted octanol–water partition coefficient (Wildman–Crippen LogP) is 6.23. The summed E-state index contributed by atoms with van der Waals surface area (Å²) in [5.41, 5.74) is 2.15. The Hall–Kier alpha value is -3.20. The van der Waals surface area contributed by atoms with Gasteiger partial charge in [0.05, 0.1) is 5.02 Å². The molecule has 0 atom stereocenters. The predicted molar refractivity (Wildman–Crippen MR) is 126 cm³/mol. The number of benzene rings is 2. The average molecular weight is 484 g/mol. The second kappa shape index (κ2) is 8.38. The van der Waals surface area contributed by atoms with Crippen LogP contribution in [0.5, 0.6) is 0 Å². The number of carbonyl (C=O) groups excluding carboxylic acids is 1. The lowest BCUT2D eigenvalue weighted by Crippen LogP contribution is -2.10. The van der Waals surface area contributed by atoms with Gasteiger partial charge in [0.2, 0.25) is 4.96 Å². The van der Waals surface area contributed by atoms with Crippen LogP contribution in [0.2, 0.25) is 10.0 Å². The number of anilines is 1. The van der Waals surface area contributed by atoms with Crippen molar-refractivity contribution in [1.29, 1.82) is 0 Å². The zero-order valence-corrected chi connectivity index (χ0v) is 19.0. The largest absolute Gasteiger partial charge is 0.451 e. The quantitative estimate of drug-likeness (QED) is 0.320. The molecule has 0 bridgehead atoms. The Morgan fingerprint density at radius 2 is 2.00 bits per heavy atom. The van der Waals surface area contributed by atoms with Gasteiger partial charge < -0.3 is 9.73 Å². The maximum atomic E-state index is 12.7. The number of hydrogen-bond acceptors (Lipinski definition) is 6. The second-order valence-electron chi connectivity index (χ2n) is 6.89. The molecule has 0 spiro atoms. The monoisotopic (exact) mass is 483 g/mol. The zero-order valence-electron chi connectivity index (χ0n) is 16.7. The number of nitrogens with one attached hydrogen (secondary N) is 1. The number of furan rings is 1. The van der Waals surface area contributed by atoms with E-state index in [-0.39, 0.29) is 11.7 Å². The van der Waals surface area contributed by atoms with Crippen molar-refractivity contribution in [3.05, 3.63) is 76.2 Å². The van der Waals surface area contributed by atoms with Crippen LogP contribution in [-0.4, -0.2) is 25.7 Å². The molecule has 0 saturated heterocycles. The van der Waals surface area contributed by atoms with Crippen molar-refractivity contribution in [3.8, 4) is 21.9 Å². The van der Waals surface area contributed by atoms with Gasteiger partial charge >= 0.3 is 0 Å². The van der Waals surface area contributed by atoms with Crippen molar-refractivity contribution < 1.29 is 9.21 Å². The summed E-state index contributed by atoms with van der Waals surface area (Å²) in [4.78, 5) is 13.5. The number of amides is 1. The lowest BCUT2D eigenvalue weighted by atomic mass is 10.2. The van der Waals surface area contributed by atoms with Crippen LogP contribution in [-0.2, 0) is 6.42 Å². The van der Waals surface area contributed by atoms with E-state index in [0.717, 1.165) is 27.8 Å². The maximum absolute atomic E-state index is 12.7. The Morgan fingerprint density at radius 1 is 1.12 bits per heavy atom. The van der Waals surface area contributed by atoms with Gasteiger partial charge in [0.25, 0.3) is 5.91 Å². The van der Waals surface area contributed by atoms with Crippen molar-refractivity contribution in [2.45, 2.75) is 13.3 Å². The number of aryl methyl sites for hydroxylation is 1. The molecule has 0 unspecified atom stereocenters. The molecule has 1 amide bonds. The van der Waals surface area contributed by atoms with E-state index < -0.39 is 0 Å². The summed E-state index contributed by atoms with van der Waals surface area (Å²) in [6, 6.07) is 15.8. The Balaban J connectivity index is 1.37. The van der Waals surface area contributed by atoms with Crippen LogP contribution in [0.15, 0.2) is 59.0 Å². The Labute approximate surface area is 196 Å². The molecule has 0 radical (unpaired) electrons. The Kier molecular flexibility index (Phi) is 5.42. The van der Waals surface area contributed by atoms with Crippen LogP contribution in [0, 0.1) is 0 Å². The third kappa shape index (κ3) is 3.88. The first-order chi connectivity index (χ1) is 15.5. The highest BCUT2D eigenvalue weighted by atomic mass is 35.5. The number of nitrogens with zero attached hydrogens (tertiary/aromatic N) is 4. The van der Waals surface area contributed by atoms with E-state index in [1.54, 1.807) is 40.9 Å². The van der Waals surface area contributed by atoms with E-state index in [4.69, 9.17) is 27.6 Å². The number of fused-ring (bicyclic) bond motifs is 1. The van der Waals surface area contributed by atoms with Crippen LogP contribution < -0.4 is 5.32 Å².